The van der Waals surface area contributed by atoms with E-state index in [1.807, 2.05) is 32.9 Å². The monoisotopic (exact) mass is 471 g/mol. The standard InChI is InChI=1S/C24H26FN3O4S/c1-24(2,3)20-11-17(19-12-18(25)14-27-23(19)29)10-16(22(20)32-4)8-6-15-7-9-21(26-13-15)28-33(5,30)31/h6-14H,1-5H3,(H,26,28)(H,27,29)/b8-6+. The number of H-pyrrole nitrogens is 1. The van der Waals surface area contributed by atoms with E-state index in [1.54, 1.807) is 31.4 Å². The fourth-order valence-corrected chi connectivity index (χ4v) is 3.83. The van der Waals surface area contributed by atoms with E-state index in [1.165, 1.54) is 12.3 Å². The predicted octanol–water partition coefficient (Wildman–Crippen LogP) is 4.42. The summed E-state index contributed by atoms with van der Waals surface area (Å²) < 4.78 is 44.6. The van der Waals surface area contributed by atoms with Gasteiger partial charge in [-0.05, 0) is 46.9 Å². The molecule has 0 saturated carbocycles. The first-order valence-corrected chi connectivity index (χ1v) is 12.0. The van der Waals surface area contributed by atoms with Crippen LogP contribution in [-0.4, -0.2) is 31.8 Å². The van der Waals surface area contributed by atoms with Crippen LogP contribution >= 0.6 is 0 Å². The largest absolute Gasteiger partial charge is 0.496 e. The zero-order chi connectivity index (χ0) is 24.4. The van der Waals surface area contributed by atoms with E-state index >= 15 is 0 Å². The molecule has 0 aliphatic carbocycles. The van der Waals surface area contributed by atoms with Crippen molar-refractivity contribution in [3.63, 3.8) is 0 Å². The molecule has 3 rings (SSSR count). The molecular formula is C24H26FN3O4S. The zero-order valence-electron chi connectivity index (χ0n) is 19.1. The molecule has 0 unspecified atom stereocenters. The molecule has 0 amide bonds. The summed E-state index contributed by atoms with van der Waals surface area (Å²) in [5, 5.41) is 0. The molecule has 0 saturated heterocycles. The van der Waals surface area contributed by atoms with Gasteiger partial charge in [-0.3, -0.25) is 9.52 Å². The number of ether oxygens (including phenoxy) is 1. The number of hydrogen-bond donors (Lipinski definition) is 2. The lowest BCUT2D eigenvalue weighted by molar-refractivity contribution is 0.397. The summed E-state index contributed by atoms with van der Waals surface area (Å²) in [6.07, 6.45) is 7.21. The van der Waals surface area contributed by atoms with Crippen molar-refractivity contribution in [2.45, 2.75) is 26.2 Å². The molecule has 0 radical (unpaired) electrons. The fourth-order valence-electron chi connectivity index (χ4n) is 3.33. The molecule has 9 heteroatoms. The Morgan fingerprint density at radius 1 is 1.15 bits per heavy atom. The first-order chi connectivity index (χ1) is 15.4. The van der Waals surface area contributed by atoms with Crippen LogP contribution in [0.1, 0.15) is 37.5 Å². The number of benzene rings is 1. The minimum Gasteiger partial charge on any atom is -0.496 e. The number of rotatable bonds is 6. The van der Waals surface area contributed by atoms with Gasteiger partial charge >= 0.3 is 0 Å². The van der Waals surface area contributed by atoms with Crippen molar-refractivity contribution in [3.05, 3.63) is 75.6 Å². The van der Waals surface area contributed by atoms with Crippen molar-refractivity contribution in [1.29, 1.82) is 0 Å². The van der Waals surface area contributed by atoms with Gasteiger partial charge in [-0.1, -0.05) is 32.9 Å². The first kappa shape index (κ1) is 24.2. The van der Waals surface area contributed by atoms with E-state index in [4.69, 9.17) is 4.74 Å². The van der Waals surface area contributed by atoms with Gasteiger partial charge in [0.25, 0.3) is 5.56 Å². The van der Waals surface area contributed by atoms with Crippen molar-refractivity contribution in [2.75, 3.05) is 18.1 Å². The summed E-state index contributed by atoms with van der Waals surface area (Å²) in [7, 11) is -1.84. The van der Waals surface area contributed by atoms with Gasteiger partial charge < -0.3 is 9.72 Å². The molecule has 0 fully saturated rings. The van der Waals surface area contributed by atoms with Crippen molar-refractivity contribution in [3.8, 4) is 16.9 Å². The molecule has 0 atom stereocenters. The number of nitrogens with one attached hydrogen (secondary N) is 2. The SMILES string of the molecule is COc1c(/C=C/c2ccc(NS(C)(=O)=O)nc2)cc(-c2cc(F)c[nH]c2=O)cc1C(C)(C)C. The number of anilines is 1. The quantitative estimate of drug-likeness (QED) is 0.554. The molecule has 0 bridgehead atoms. The Morgan fingerprint density at radius 2 is 1.88 bits per heavy atom. The Labute approximate surface area is 192 Å². The van der Waals surface area contributed by atoms with Crippen molar-refractivity contribution < 1.29 is 17.5 Å². The molecule has 0 aliphatic heterocycles. The molecule has 2 N–H and O–H groups in total. The summed E-state index contributed by atoms with van der Waals surface area (Å²) in [4.78, 5) is 18.9. The van der Waals surface area contributed by atoms with E-state index in [9.17, 15) is 17.6 Å². The Balaban J connectivity index is 2.10. The average molecular weight is 472 g/mol. The molecule has 1 aromatic carbocycles. The van der Waals surface area contributed by atoms with Crippen LogP contribution in [0.15, 0.2) is 47.5 Å². The maximum Gasteiger partial charge on any atom is 0.256 e. The van der Waals surface area contributed by atoms with Gasteiger partial charge in [0.15, 0.2) is 0 Å². The molecule has 0 spiro atoms. The number of nitrogens with zero attached hydrogens (tertiary/aromatic N) is 1. The second-order valence-electron chi connectivity index (χ2n) is 8.64. The number of methoxy groups -OCH3 is 1. The van der Waals surface area contributed by atoms with E-state index in [2.05, 4.69) is 14.7 Å². The molecular weight excluding hydrogens is 445 g/mol. The van der Waals surface area contributed by atoms with Gasteiger partial charge in [0.05, 0.1) is 13.4 Å². The molecule has 2 heterocycles. The van der Waals surface area contributed by atoms with Gasteiger partial charge in [0, 0.05) is 29.1 Å². The normalized spacial score (nSPS) is 12.2. The van der Waals surface area contributed by atoms with Crippen LogP contribution < -0.4 is 15.0 Å². The highest BCUT2D eigenvalue weighted by Gasteiger charge is 2.23. The smallest absolute Gasteiger partial charge is 0.256 e. The maximum atomic E-state index is 13.9. The van der Waals surface area contributed by atoms with Crippen LogP contribution in [0, 0.1) is 5.82 Å². The molecule has 33 heavy (non-hydrogen) atoms. The summed E-state index contributed by atoms with van der Waals surface area (Å²) in [5.41, 5.74) is 2.35. The highest BCUT2D eigenvalue weighted by atomic mass is 32.2. The lowest BCUT2D eigenvalue weighted by Gasteiger charge is -2.24. The van der Waals surface area contributed by atoms with Crippen LogP contribution in [0.2, 0.25) is 0 Å². The van der Waals surface area contributed by atoms with Crippen LogP contribution in [-0.2, 0) is 15.4 Å². The highest BCUT2D eigenvalue weighted by molar-refractivity contribution is 7.92. The second kappa shape index (κ2) is 9.19. The number of halogens is 1. The first-order valence-electron chi connectivity index (χ1n) is 10.1. The summed E-state index contributed by atoms with van der Waals surface area (Å²) in [6.45, 7) is 6.07. The predicted molar refractivity (Wildman–Crippen MR) is 129 cm³/mol. The molecule has 0 aliphatic rings. The van der Waals surface area contributed by atoms with E-state index < -0.39 is 21.4 Å². The van der Waals surface area contributed by atoms with Gasteiger partial charge in [-0.25, -0.2) is 17.8 Å². The average Bonchev–Trinajstić information content (AvgIpc) is 2.72. The van der Waals surface area contributed by atoms with Gasteiger partial charge in [0.1, 0.15) is 17.4 Å². The van der Waals surface area contributed by atoms with Crippen molar-refractivity contribution in [1.82, 2.24) is 9.97 Å². The van der Waals surface area contributed by atoms with E-state index in [0.29, 0.717) is 16.9 Å². The van der Waals surface area contributed by atoms with Crippen molar-refractivity contribution >= 4 is 28.0 Å². The number of aromatic amines is 1. The Morgan fingerprint density at radius 3 is 2.45 bits per heavy atom. The van der Waals surface area contributed by atoms with Crippen molar-refractivity contribution in [2.24, 2.45) is 0 Å². The molecule has 174 valence electrons. The third-order valence-corrected chi connectivity index (χ3v) is 5.42. The lowest BCUT2D eigenvalue weighted by atomic mass is 9.83. The van der Waals surface area contributed by atoms with Gasteiger partial charge in [0.2, 0.25) is 10.0 Å². The maximum absolute atomic E-state index is 13.9. The van der Waals surface area contributed by atoms with Gasteiger partial charge in [-0.2, -0.15) is 0 Å². The summed E-state index contributed by atoms with van der Waals surface area (Å²) >= 11 is 0. The summed E-state index contributed by atoms with van der Waals surface area (Å²) in [6, 6.07) is 8.09. The molecule has 3 aromatic rings. The lowest BCUT2D eigenvalue weighted by Crippen LogP contribution is -2.15. The van der Waals surface area contributed by atoms with Crippen LogP contribution in [0.25, 0.3) is 23.3 Å². The molecule has 7 nitrogen and oxygen atoms in total. The zero-order valence-corrected chi connectivity index (χ0v) is 19.9. The van der Waals surface area contributed by atoms with E-state index in [0.717, 1.165) is 23.6 Å². The Kier molecular flexibility index (Phi) is 6.73. The number of pyridine rings is 2. The Hall–Kier alpha value is -3.46. The number of aromatic nitrogens is 2. The van der Waals surface area contributed by atoms with Crippen LogP contribution in [0.5, 0.6) is 5.75 Å². The Bertz CT molecular complexity index is 1360. The van der Waals surface area contributed by atoms with Gasteiger partial charge in [-0.15, -0.1) is 0 Å². The topological polar surface area (TPSA) is 101 Å². The second-order valence-corrected chi connectivity index (χ2v) is 10.4. The van der Waals surface area contributed by atoms with Crippen LogP contribution in [0.4, 0.5) is 10.2 Å². The minimum absolute atomic E-state index is 0.217. The third-order valence-electron chi connectivity index (χ3n) is 4.84. The summed E-state index contributed by atoms with van der Waals surface area (Å²) in [5.74, 6) is 0.317. The fraction of sp³-hybridized carbons (Fsp3) is 0.250. The molecule has 2 aromatic heterocycles. The number of sulfonamides is 1. The van der Waals surface area contributed by atoms with Crippen LogP contribution in [0.3, 0.4) is 0 Å². The number of hydrogen-bond acceptors (Lipinski definition) is 5. The third kappa shape index (κ3) is 6.07. The van der Waals surface area contributed by atoms with E-state index in [-0.39, 0.29) is 16.8 Å². The highest BCUT2D eigenvalue weighted by Crippen LogP contribution is 2.38. The minimum atomic E-state index is -3.41.